The molecule has 1 unspecified atom stereocenters. The van der Waals surface area contributed by atoms with Crippen LogP contribution < -0.4 is 5.32 Å². The van der Waals surface area contributed by atoms with Crippen molar-refractivity contribution in [3.63, 3.8) is 0 Å². The van der Waals surface area contributed by atoms with Crippen LogP contribution >= 0.6 is 15.9 Å². The summed E-state index contributed by atoms with van der Waals surface area (Å²) in [5.41, 5.74) is 3.33. The second kappa shape index (κ2) is 6.86. The van der Waals surface area contributed by atoms with Crippen LogP contribution in [0, 0.1) is 6.92 Å². The highest BCUT2D eigenvalue weighted by molar-refractivity contribution is 9.10. The van der Waals surface area contributed by atoms with Gasteiger partial charge in [0.1, 0.15) is 5.75 Å². The number of aromatic nitrogens is 1. The van der Waals surface area contributed by atoms with Crippen LogP contribution in [-0.4, -0.2) is 10.1 Å². The summed E-state index contributed by atoms with van der Waals surface area (Å²) in [5.74, 6) is 0.332. The summed E-state index contributed by atoms with van der Waals surface area (Å²) in [5, 5.41) is 13.5. The molecule has 0 fully saturated rings. The lowest BCUT2D eigenvalue weighted by Gasteiger charge is -2.19. The average Bonchev–Trinajstić information content (AvgIpc) is 2.45. The Morgan fingerprint density at radius 1 is 1.35 bits per heavy atom. The van der Waals surface area contributed by atoms with Crippen molar-refractivity contribution in [3.05, 3.63) is 57.8 Å². The highest BCUT2D eigenvalue weighted by atomic mass is 79.9. The van der Waals surface area contributed by atoms with Crippen molar-refractivity contribution in [2.45, 2.75) is 32.9 Å². The summed E-state index contributed by atoms with van der Waals surface area (Å²) in [6.07, 6.45) is 4.59. The third kappa shape index (κ3) is 3.58. The van der Waals surface area contributed by atoms with Gasteiger partial charge < -0.3 is 10.4 Å². The van der Waals surface area contributed by atoms with Gasteiger partial charge in [0.15, 0.2) is 0 Å². The molecule has 1 heterocycles. The van der Waals surface area contributed by atoms with Crippen molar-refractivity contribution in [1.29, 1.82) is 0 Å². The molecule has 2 aromatic rings. The first kappa shape index (κ1) is 15.0. The van der Waals surface area contributed by atoms with Gasteiger partial charge in [0.05, 0.1) is 0 Å². The van der Waals surface area contributed by atoms with Crippen LogP contribution in [-0.2, 0) is 6.54 Å². The first-order chi connectivity index (χ1) is 9.61. The standard InChI is InChI=1S/C16H19BrN2O/c1-3-15(14-8-13(17)4-5-16(14)20)19-10-12-6-7-18-9-11(12)2/h4-9,15,19-20H,3,10H2,1-2H3. The molecule has 20 heavy (non-hydrogen) atoms. The van der Waals surface area contributed by atoms with Crippen LogP contribution in [0.15, 0.2) is 41.1 Å². The molecule has 1 aromatic heterocycles. The maximum Gasteiger partial charge on any atom is 0.120 e. The molecule has 2 N–H and O–H groups in total. The van der Waals surface area contributed by atoms with Crippen molar-refractivity contribution in [1.82, 2.24) is 10.3 Å². The predicted octanol–water partition coefficient (Wildman–Crippen LogP) is 4.10. The minimum Gasteiger partial charge on any atom is -0.508 e. The number of hydrogen-bond acceptors (Lipinski definition) is 3. The van der Waals surface area contributed by atoms with Gasteiger partial charge in [-0.1, -0.05) is 22.9 Å². The van der Waals surface area contributed by atoms with E-state index in [0.29, 0.717) is 5.75 Å². The number of benzene rings is 1. The zero-order valence-corrected chi connectivity index (χ0v) is 13.3. The number of pyridine rings is 1. The average molecular weight is 335 g/mol. The second-order valence-electron chi connectivity index (χ2n) is 4.85. The Morgan fingerprint density at radius 3 is 2.85 bits per heavy atom. The summed E-state index contributed by atoms with van der Waals surface area (Å²) in [6, 6.07) is 7.69. The maximum atomic E-state index is 10.0. The fraction of sp³-hybridized carbons (Fsp3) is 0.312. The van der Waals surface area contributed by atoms with Crippen molar-refractivity contribution in [2.75, 3.05) is 0 Å². The fourth-order valence-corrected chi connectivity index (χ4v) is 2.59. The molecule has 0 amide bonds. The van der Waals surface area contributed by atoms with E-state index in [1.165, 1.54) is 11.1 Å². The molecule has 106 valence electrons. The number of nitrogens with zero attached hydrogens (tertiary/aromatic N) is 1. The fourth-order valence-electron chi connectivity index (χ4n) is 2.21. The number of phenols is 1. The Morgan fingerprint density at radius 2 is 2.15 bits per heavy atom. The van der Waals surface area contributed by atoms with E-state index in [9.17, 15) is 5.11 Å². The molecule has 0 saturated carbocycles. The van der Waals surface area contributed by atoms with E-state index in [-0.39, 0.29) is 6.04 Å². The van der Waals surface area contributed by atoms with Gasteiger partial charge in [0.25, 0.3) is 0 Å². The Bertz CT molecular complexity index is 586. The van der Waals surface area contributed by atoms with Crippen LogP contribution in [0.5, 0.6) is 5.75 Å². The van der Waals surface area contributed by atoms with Crippen LogP contribution in [0.4, 0.5) is 0 Å². The predicted molar refractivity (Wildman–Crippen MR) is 84.7 cm³/mol. The van der Waals surface area contributed by atoms with E-state index < -0.39 is 0 Å². The molecule has 3 nitrogen and oxygen atoms in total. The summed E-state index contributed by atoms with van der Waals surface area (Å²) < 4.78 is 0.977. The van der Waals surface area contributed by atoms with Crippen molar-refractivity contribution < 1.29 is 5.11 Å². The Balaban J connectivity index is 2.13. The minimum absolute atomic E-state index is 0.125. The van der Waals surface area contributed by atoms with Crippen LogP contribution in [0.1, 0.15) is 36.1 Å². The molecule has 0 saturated heterocycles. The molecule has 0 radical (unpaired) electrons. The van der Waals surface area contributed by atoms with Gasteiger partial charge in [0, 0.05) is 35.0 Å². The Labute approximate surface area is 128 Å². The molecular formula is C16H19BrN2O. The SMILES string of the molecule is CCC(NCc1ccncc1C)c1cc(Br)ccc1O. The van der Waals surface area contributed by atoms with E-state index in [2.05, 4.69) is 40.1 Å². The molecule has 0 spiro atoms. The molecule has 2 rings (SSSR count). The van der Waals surface area contributed by atoms with Gasteiger partial charge in [-0.3, -0.25) is 4.98 Å². The quantitative estimate of drug-likeness (QED) is 0.865. The van der Waals surface area contributed by atoms with Crippen LogP contribution in [0.25, 0.3) is 0 Å². The monoisotopic (exact) mass is 334 g/mol. The number of nitrogens with one attached hydrogen (secondary N) is 1. The van der Waals surface area contributed by atoms with E-state index in [4.69, 9.17) is 0 Å². The second-order valence-corrected chi connectivity index (χ2v) is 5.76. The summed E-state index contributed by atoms with van der Waals surface area (Å²) in [4.78, 5) is 4.10. The highest BCUT2D eigenvalue weighted by Crippen LogP contribution is 2.29. The molecule has 1 atom stereocenters. The Hall–Kier alpha value is -1.39. The van der Waals surface area contributed by atoms with Crippen molar-refractivity contribution >= 4 is 15.9 Å². The van der Waals surface area contributed by atoms with Gasteiger partial charge in [-0.15, -0.1) is 0 Å². The summed E-state index contributed by atoms with van der Waals surface area (Å²) in [7, 11) is 0. The molecule has 1 aromatic carbocycles. The summed E-state index contributed by atoms with van der Waals surface area (Å²) >= 11 is 3.45. The van der Waals surface area contributed by atoms with E-state index in [1.807, 2.05) is 30.6 Å². The number of halogens is 1. The third-order valence-corrected chi connectivity index (χ3v) is 3.94. The van der Waals surface area contributed by atoms with Crippen molar-refractivity contribution in [3.8, 4) is 5.75 Å². The zero-order valence-electron chi connectivity index (χ0n) is 11.7. The van der Waals surface area contributed by atoms with Gasteiger partial charge in [-0.2, -0.15) is 0 Å². The van der Waals surface area contributed by atoms with Gasteiger partial charge >= 0.3 is 0 Å². The molecule has 0 aliphatic carbocycles. The maximum absolute atomic E-state index is 10.0. The third-order valence-electron chi connectivity index (χ3n) is 3.45. The van der Waals surface area contributed by atoms with E-state index in [0.717, 1.165) is 23.0 Å². The number of hydrogen-bond donors (Lipinski definition) is 2. The number of rotatable bonds is 5. The van der Waals surface area contributed by atoms with Crippen molar-refractivity contribution in [2.24, 2.45) is 0 Å². The topological polar surface area (TPSA) is 45.2 Å². The van der Waals surface area contributed by atoms with Crippen LogP contribution in [0.2, 0.25) is 0 Å². The molecule has 4 heteroatoms. The lowest BCUT2D eigenvalue weighted by molar-refractivity contribution is 0.440. The molecule has 0 aliphatic heterocycles. The van der Waals surface area contributed by atoms with Gasteiger partial charge in [0.2, 0.25) is 0 Å². The molecule has 0 bridgehead atoms. The number of aryl methyl sites for hydroxylation is 1. The van der Waals surface area contributed by atoms with E-state index in [1.54, 1.807) is 6.07 Å². The van der Waals surface area contributed by atoms with Crippen LogP contribution in [0.3, 0.4) is 0 Å². The lowest BCUT2D eigenvalue weighted by atomic mass is 10.0. The minimum atomic E-state index is 0.125. The smallest absolute Gasteiger partial charge is 0.120 e. The molecular weight excluding hydrogens is 316 g/mol. The van der Waals surface area contributed by atoms with Gasteiger partial charge in [-0.25, -0.2) is 0 Å². The summed E-state index contributed by atoms with van der Waals surface area (Å²) in [6.45, 7) is 4.93. The highest BCUT2D eigenvalue weighted by Gasteiger charge is 2.14. The number of aromatic hydroxyl groups is 1. The van der Waals surface area contributed by atoms with Gasteiger partial charge in [-0.05, 0) is 48.7 Å². The van der Waals surface area contributed by atoms with E-state index >= 15 is 0 Å². The normalized spacial score (nSPS) is 12.3. The largest absolute Gasteiger partial charge is 0.508 e. The Kier molecular flexibility index (Phi) is 5.15. The first-order valence-electron chi connectivity index (χ1n) is 6.73. The molecule has 0 aliphatic rings. The number of phenolic OH excluding ortho intramolecular Hbond substituents is 1. The first-order valence-corrected chi connectivity index (χ1v) is 7.52. The zero-order chi connectivity index (χ0) is 14.5. The lowest BCUT2D eigenvalue weighted by Crippen LogP contribution is -2.21.